The lowest BCUT2D eigenvalue weighted by Gasteiger charge is -2.22. The smallest absolute Gasteiger partial charge is 0.229 e. The van der Waals surface area contributed by atoms with E-state index in [9.17, 15) is 4.79 Å². The molecule has 0 radical (unpaired) electrons. The normalized spacial score (nSPS) is 16.8. The molecule has 0 spiro atoms. The monoisotopic (exact) mass is 354 g/mol. The van der Waals surface area contributed by atoms with Crippen molar-refractivity contribution in [3.8, 4) is 0 Å². The Labute approximate surface area is 151 Å². The van der Waals surface area contributed by atoms with E-state index in [1.807, 2.05) is 30.1 Å². The molecule has 0 saturated carbocycles. The molecule has 0 saturated heterocycles. The fourth-order valence-electron chi connectivity index (χ4n) is 3.76. The Morgan fingerprint density at radius 2 is 2.28 bits per heavy atom. The van der Waals surface area contributed by atoms with Crippen LogP contribution in [0.5, 0.6) is 0 Å². The van der Waals surface area contributed by atoms with Crippen molar-refractivity contribution >= 4 is 28.6 Å². The molecule has 1 aromatic carbocycles. The second kappa shape index (κ2) is 6.59. The number of nitrogens with one attached hydrogen (secondary N) is 2. The van der Waals surface area contributed by atoms with Gasteiger partial charge in [-0.1, -0.05) is 30.0 Å². The van der Waals surface area contributed by atoms with E-state index in [1.165, 1.54) is 10.9 Å². The van der Waals surface area contributed by atoms with Gasteiger partial charge in [-0.2, -0.15) is 0 Å². The van der Waals surface area contributed by atoms with Crippen LogP contribution in [0, 0.1) is 0 Å². The average molecular weight is 354 g/mol. The summed E-state index contributed by atoms with van der Waals surface area (Å²) in [4.78, 5) is 20.7. The van der Waals surface area contributed by atoms with Gasteiger partial charge in [-0.05, 0) is 37.1 Å². The predicted molar refractivity (Wildman–Crippen MR) is 101 cm³/mol. The fraction of sp³-hybridized carbons (Fsp3) is 0.368. The first-order valence-electron chi connectivity index (χ1n) is 8.61. The first-order valence-corrected chi connectivity index (χ1v) is 9.83. The third-order valence-electron chi connectivity index (χ3n) is 5.10. The van der Waals surface area contributed by atoms with E-state index in [1.54, 1.807) is 11.8 Å². The minimum absolute atomic E-state index is 0.0931. The van der Waals surface area contributed by atoms with Crippen molar-refractivity contribution in [1.29, 1.82) is 0 Å². The highest BCUT2D eigenvalue weighted by molar-refractivity contribution is 7.98. The van der Waals surface area contributed by atoms with Crippen molar-refractivity contribution in [2.75, 3.05) is 6.26 Å². The minimum atomic E-state index is -0.0931. The summed E-state index contributed by atoms with van der Waals surface area (Å²) >= 11 is 1.61. The second-order valence-electron chi connectivity index (χ2n) is 6.52. The Kier molecular flexibility index (Phi) is 4.29. The van der Waals surface area contributed by atoms with Crippen LogP contribution in [0.25, 0.3) is 10.9 Å². The summed E-state index contributed by atoms with van der Waals surface area (Å²) < 4.78 is 2.03. The van der Waals surface area contributed by atoms with Gasteiger partial charge in [0, 0.05) is 23.6 Å². The van der Waals surface area contributed by atoms with E-state index in [-0.39, 0.29) is 11.8 Å². The van der Waals surface area contributed by atoms with Crippen molar-refractivity contribution in [3.05, 3.63) is 47.4 Å². The van der Waals surface area contributed by atoms with Gasteiger partial charge >= 0.3 is 0 Å². The Hall–Kier alpha value is -2.21. The maximum Gasteiger partial charge on any atom is 0.229 e. The summed E-state index contributed by atoms with van der Waals surface area (Å²) in [5.41, 5.74) is 4.56. The van der Waals surface area contributed by atoms with Crippen molar-refractivity contribution in [2.45, 2.75) is 36.9 Å². The van der Waals surface area contributed by atoms with E-state index in [0.29, 0.717) is 6.54 Å². The second-order valence-corrected chi connectivity index (χ2v) is 7.29. The molecule has 1 unspecified atom stereocenters. The fourth-order valence-corrected chi connectivity index (χ4v) is 4.31. The number of imidazole rings is 1. The van der Waals surface area contributed by atoms with E-state index in [2.05, 4.69) is 33.5 Å². The van der Waals surface area contributed by atoms with Crippen LogP contribution >= 0.6 is 11.8 Å². The van der Waals surface area contributed by atoms with Gasteiger partial charge in [0.1, 0.15) is 0 Å². The molecule has 2 heterocycles. The maximum absolute atomic E-state index is 12.8. The van der Waals surface area contributed by atoms with Gasteiger partial charge in [-0.25, -0.2) is 4.98 Å². The summed E-state index contributed by atoms with van der Waals surface area (Å²) in [6.45, 7) is 0.509. The molecular formula is C19H22N4OS. The quantitative estimate of drug-likeness (QED) is 0.706. The van der Waals surface area contributed by atoms with Crippen LogP contribution in [0.15, 0.2) is 35.6 Å². The molecule has 0 aliphatic heterocycles. The molecule has 6 heteroatoms. The highest BCUT2D eigenvalue weighted by atomic mass is 32.2. The average Bonchev–Trinajstić information content (AvgIpc) is 3.19. The molecule has 25 heavy (non-hydrogen) atoms. The van der Waals surface area contributed by atoms with Crippen molar-refractivity contribution in [1.82, 2.24) is 19.9 Å². The summed E-state index contributed by atoms with van der Waals surface area (Å²) in [6.07, 6.45) is 6.83. The molecule has 4 rings (SSSR count). The number of aryl methyl sites for hydroxylation is 1. The van der Waals surface area contributed by atoms with Gasteiger partial charge < -0.3 is 14.9 Å². The molecular weight excluding hydrogens is 332 g/mol. The standard InChI is InChI=1S/C19H22N4OS/c1-23-12(11-21-19(23)25-2)10-20-18(24)15-8-5-7-14-13-6-3-4-9-16(13)22-17(14)15/h3-4,6,9,11,15,22H,5,7-8,10H2,1-2H3,(H,20,24). The lowest BCUT2D eigenvalue weighted by atomic mass is 9.86. The zero-order valence-corrected chi connectivity index (χ0v) is 15.3. The third kappa shape index (κ3) is 2.84. The number of nitrogens with zero attached hydrogens (tertiary/aromatic N) is 2. The number of rotatable bonds is 4. The number of hydrogen-bond donors (Lipinski definition) is 2. The number of carbonyl (C=O) groups is 1. The van der Waals surface area contributed by atoms with Crippen LogP contribution in [0.2, 0.25) is 0 Å². The molecule has 2 N–H and O–H groups in total. The summed E-state index contributed by atoms with van der Waals surface area (Å²) in [5, 5.41) is 5.32. The van der Waals surface area contributed by atoms with Gasteiger partial charge in [-0.15, -0.1) is 0 Å². The molecule has 1 atom stereocenters. The zero-order chi connectivity index (χ0) is 17.4. The number of fused-ring (bicyclic) bond motifs is 3. The van der Waals surface area contributed by atoms with Crippen LogP contribution in [-0.2, 0) is 24.8 Å². The molecule has 1 aliphatic carbocycles. The van der Waals surface area contributed by atoms with Gasteiger partial charge in [0.25, 0.3) is 0 Å². The van der Waals surface area contributed by atoms with E-state index in [0.717, 1.165) is 41.3 Å². The van der Waals surface area contributed by atoms with Crippen LogP contribution in [0.3, 0.4) is 0 Å². The number of benzene rings is 1. The topological polar surface area (TPSA) is 62.7 Å². The number of aromatic nitrogens is 3. The van der Waals surface area contributed by atoms with Crippen molar-refractivity contribution in [2.24, 2.45) is 7.05 Å². The summed E-state index contributed by atoms with van der Waals surface area (Å²) in [5.74, 6) is 0.00352. The predicted octanol–water partition coefficient (Wildman–Crippen LogP) is 3.36. The molecule has 5 nitrogen and oxygen atoms in total. The molecule has 0 bridgehead atoms. The van der Waals surface area contributed by atoms with Gasteiger partial charge in [-0.3, -0.25) is 4.79 Å². The number of carbonyl (C=O) groups excluding carboxylic acids is 1. The minimum Gasteiger partial charge on any atom is -0.357 e. The van der Waals surface area contributed by atoms with Gasteiger partial charge in [0.2, 0.25) is 5.91 Å². The molecule has 3 aromatic rings. The molecule has 130 valence electrons. The lowest BCUT2D eigenvalue weighted by Crippen LogP contribution is -2.31. The Balaban J connectivity index is 1.54. The van der Waals surface area contributed by atoms with Crippen molar-refractivity contribution in [3.63, 3.8) is 0 Å². The lowest BCUT2D eigenvalue weighted by molar-refractivity contribution is -0.123. The molecule has 1 aliphatic rings. The first-order chi connectivity index (χ1) is 12.2. The van der Waals surface area contributed by atoms with E-state index >= 15 is 0 Å². The number of H-pyrrole nitrogens is 1. The summed E-state index contributed by atoms with van der Waals surface area (Å²) in [7, 11) is 1.98. The van der Waals surface area contributed by atoms with Crippen LogP contribution < -0.4 is 5.32 Å². The number of aromatic amines is 1. The van der Waals surface area contributed by atoms with Gasteiger partial charge in [0.05, 0.1) is 24.4 Å². The number of hydrogen-bond acceptors (Lipinski definition) is 3. The highest BCUT2D eigenvalue weighted by Gasteiger charge is 2.29. The highest BCUT2D eigenvalue weighted by Crippen LogP contribution is 2.36. The third-order valence-corrected chi connectivity index (χ3v) is 5.84. The number of thioether (sulfide) groups is 1. The van der Waals surface area contributed by atoms with E-state index < -0.39 is 0 Å². The van der Waals surface area contributed by atoms with Crippen LogP contribution in [0.1, 0.15) is 35.7 Å². The Bertz CT molecular complexity index is 927. The van der Waals surface area contributed by atoms with Crippen molar-refractivity contribution < 1.29 is 4.79 Å². The number of amides is 1. The first kappa shape index (κ1) is 16.3. The molecule has 1 amide bonds. The largest absolute Gasteiger partial charge is 0.357 e. The number of para-hydroxylation sites is 1. The zero-order valence-electron chi connectivity index (χ0n) is 14.5. The SMILES string of the molecule is CSc1ncc(CNC(=O)C2CCCc3c2[nH]c2ccccc32)n1C. The van der Waals surface area contributed by atoms with Crippen LogP contribution in [-0.4, -0.2) is 26.7 Å². The molecule has 2 aromatic heterocycles. The van der Waals surface area contributed by atoms with E-state index in [4.69, 9.17) is 0 Å². The maximum atomic E-state index is 12.8. The van der Waals surface area contributed by atoms with Gasteiger partial charge in [0.15, 0.2) is 5.16 Å². The molecule has 0 fully saturated rings. The Morgan fingerprint density at radius 1 is 1.44 bits per heavy atom. The Morgan fingerprint density at radius 3 is 3.08 bits per heavy atom. The summed E-state index contributed by atoms with van der Waals surface area (Å²) in [6, 6.07) is 8.32. The van der Waals surface area contributed by atoms with Crippen LogP contribution in [0.4, 0.5) is 0 Å².